The molecule has 2 heteroatoms. The molecule has 0 N–H and O–H groups in total. The van der Waals surface area contributed by atoms with Gasteiger partial charge in [-0.15, -0.1) is 0 Å². The molecule has 0 saturated carbocycles. The molecule has 0 aromatic rings. The SMILES string of the molecule is C=CC(=O)OC(CCCCC)C(CCC)CCCCC=CCC. The molecule has 0 aliphatic rings. The van der Waals surface area contributed by atoms with Gasteiger partial charge >= 0.3 is 5.97 Å². The summed E-state index contributed by atoms with van der Waals surface area (Å²) in [5.41, 5.74) is 0. The Bertz CT molecular complexity index is 320. The minimum absolute atomic E-state index is 0.0678. The fourth-order valence-electron chi connectivity index (χ4n) is 3.02. The second-order valence-corrected chi connectivity index (χ2v) is 6.39. The normalized spacial score (nSPS) is 13.9. The highest BCUT2D eigenvalue weighted by atomic mass is 16.5. The first-order valence-corrected chi connectivity index (χ1v) is 9.67. The molecule has 0 aromatic carbocycles. The molecule has 0 spiro atoms. The zero-order valence-electron chi connectivity index (χ0n) is 15.7. The maximum absolute atomic E-state index is 11.7. The number of ether oxygens (including phenoxy) is 1. The van der Waals surface area contributed by atoms with Crippen LogP contribution in [0.3, 0.4) is 0 Å². The third kappa shape index (κ3) is 12.1. The van der Waals surface area contributed by atoms with E-state index in [1.165, 1.54) is 38.2 Å². The van der Waals surface area contributed by atoms with Crippen LogP contribution in [0, 0.1) is 5.92 Å². The maximum atomic E-state index is 11.7. The van der Waals surface area contributed by atoms with Gasteiger partial charge in [-0.25, -0.2) is 4.79 Å². The minimum atomic E-state index is -0.265. The number of esters is 1. The summed E-state index contributed by atoms with van der Waals surface area (Å²) in [6.07, 6.45) is 18.6. The smallest absolute Gasteiger partial charge is 0.330 e. The van der Waals surface area contributed by atoms with E-state index in [4.69, 9.17) is 4.74 Å². The van der Waals surface area contributed by atoms with Gasteiger partial charge in [-0.3, -0.25) is 0 Å². The lowest BCUT2D eigenvalue weighted by Crippen LogP contribution is -2.26. The molecule has 2 unspecified atom stereocenters. The molecular weight excluding hydrogens is 284 g/mol. The van der Waals surface area contributed by atoms with Crippen molar-refractivity contribution in [3.63, 3.8) is 0 Å². The molecule has 0 aliphatic carbocycles. The highest BCUT2D eigenvalue weighted by Crippen LogP contribution is 2.26. The van der Waals surface area contributed by atoms with Crippen molar-refractivity contribution in [1.29, 1.82) is 0 Å². The molecule has 0 radical (unpaired) electrons. The van der Waals surface area contributed by atoms with Crippen LogP contribution in [0.1, 0.15) is 91.4 Å². The van der Waals surface area contributed by atoms with E-state index in [0.29, 0.717) is 5.92 Å². The first-order chi connectivity index (χ1) is 11.2. The summed E-state index contributed by atoms with van der Waals surface area (Å²) in [5, 5.41) is 0. The third-order valence-electron chi connectivity index (χ3n) is 4.31. The monoisotopic (exact) mass is 322 g/mol. The highest BCUT2D eigenvalue weighted by Gasteiger charge is 2.23. The van der Waals surface area contributed by atoms with Gasteiger partial charge in [-0.1, -0.05) is 65.2 Å². The van der Waals surface area contributed by atoms with Gasteiger partial charge in [0.2, 0.25) is 0 Å². The predicted octanol–water partition coefficient (Wildman–Crippen LogP) is 6.61. The predicted molar refractivity (Wildman–Crippen MR) is 101 cm³/mol. The fraction of sp³-hybridized carbons (Fsp3) is 0.762. The molecule has 0 aromatic heterocycles. The van der Waals surface area contributed by atoms with Crippen LogP contribution in [0.2, 0.25) is 0 Å². The summed E-state index contributed by atoms with van der Waals surface area (Å²) in [5.74, 6) is 0.231. The van der Waals surface area contributed by atoms with Gasteiger partial charge in [-0.2, -0.15) is 0 Å². The van der Waals surface area contributed by atoms with Gasteiger partial charge < -0.3 is 4.74 Å². The van der Waals surface area contributed by atoms with Gasteiger partial charge in [0, 0.05) is 6.08 Å². The number of rotatable bonds is 15. The van der Waals surface area contributed by atoms with Crippen molar-refractivity contribution in [1.82, 2.24) is 0 Å². The molecule has 0 rings (SSSR count). The Morgan fingerprint density at radius 1 is 0.957 bits per heavy atom. The average molecular weight is 323 g/mol. The molecular formula is C21H38O2. The highest BCUT2D eigenvalue weighted by molar-refractivity contribution is 5.81. The maximum Gasteiger partial charge on any atom is 0.330 e. The van der Waals surface area contributed by atoms with Crippen LogP contribution in [0.25, 0.3) is 0 Å². The molecule has 2 nitrogen and oxygen atoms in total. The average Bonchev–Trinajstić information content (AvgIpc) is 2.56. The Balaban J connectivity index is 4.46. The van der Waals surface area contributed by atoms with Crippen LogP contribution in [-0.2, 0) is 9.53 Å². The second kappa shape index (κ2) is 15.8. The Labute approximate surface area is 144 Å². The van der Waals surface area contributed by atoms with Crippen molar-refractivity contribution in [3.8, 4) is 0 Å². The summed E-state index contributed by atoms with van der Waals surface area (Å²) in [4.78, 5) is 11.7. The van der Waals surface area contributed by atoms with E-state index in [0.717, 1.165) is 38.5 Å². The lowest BCUT2D eigenvalue weighted by molar-refractivity contribution is -0.146. The summed E-state index contributed by atoms with van der Waals surface area (Å²) < 4.78 is 5.69. The molecule has 0 saturated heterocycles. The van der Waals surface area contributed by atoms with Gasteiger partial charge in [0.1, 0.15) is 6.10 Å². The number of hydrogen-bond donors (Lipinski definition) is 0. The quantitative estimate of drug-likeness (QED) is 0.147. The number of unbranched alkanes of at least 4 members (excludes halogenated alkanes) is 4. The molecule has 2 atom stereocenters. The minimum Gasteiger partial charge on any atom is -0.459 e. The van der Waals surface area contributed by atoms with Crippen molar-refractivity contribution < 1.29 is 9.53 Å². The number of allylic oxidation sites excluding steroid dienone is 2. The third-order valence-corrected chi connectivity index (χ3v) is 4.31. The van der Waals surface area contributed by atoms with Crippen LogP contribution >= 0.6 is 0 Å². The van der Waals surface area contributed by atoms with E-state index >= 15 is 0 Å². The summed E-state index contributed by atoms with van der Waals surface area (Å²) in [6.45, 7) is 10.1. The zero-order chi connectivity index (χ0) is 17.3. The van der Waals surface area contributed by atoms with Crippen molar-refractivity contribution in [2.75, 3.05) is 0 Å². The van der Waals surface area contributed by atoms with Gasteiger partial charge in [-0.05, 0) is 50.9 Å². The number of carbonyl (C=O) groups excluding carboxylic acids is 1. The van der Waals surface area contributed by atoms with Crippen LogP contribution in [-0.4, -0.2) is 12.1 Å². The first kappa shape index (κ1) is 21.9. The van der Waals surface area contributed by atoms with Crippen molar-refractivity contribution in [2.45, 2.75) is 97.5 Å². The molecule has 23 heavy (non-hydrogen) atoms. The molecule has 0 bridgehead atoms. The Morgan fingerprint density at radius 3 is 2.30 bits per heavy atom. The first-order valence-electron chi connectivity index (χ1n) is 9.67. The topological polar surface area (TPSA) is 26.3 Å². The number of hydrogen-bond acceptors (Lipinski definition) is 2. The van der Waals surface area contributed by atoms with E-state index in [2.05, 4.69) is 39.5 Å². The van der Waals surface area contributed by atoms with Crippen LogP contribution in [0.15, 0.2) is 24.8 Å². The Hall–Kier alpha value is -1.05. The second-order valence-electron chi connectivity index (χ2n) is 6.39. The zero-order valence-corrected chi connectivity index (χ0v) is 15.7. The lowest BCUT2D eigenvalue weighted by Gasteiger charge is -2.27. The van der Waals surface area contributed by atoms with Crippen molar-refractivity contribution in [2.24, 2.45) is 5.92 Å². The van der Waals surface area contributed by atoms with Gasteiger partial charge in [0.05, 0.1) is 0 Å². The summed E-state index contributed by atoms with van der Waals surface area (Å²) >= 11 is 0. The number of carbonyl (C=O) groups is 1. The summed E-state index contributed by atoms with van der Waals surface area (Å²) in [6, 6.07) is 0. The van der Waals surface area contributed by atoms with E-state index in [-0.39, 0.29) is 12.1 Å². The summed E-state index contributed by atoms with van der Waals surface area (Å²) in [7, 11) is 0. The molecule has 0 aliphatic heterocycles. The molecule has 0 amide bonds. The van der Waals surface area contributed by atoms with Crippen molar-refractivity contribution in [3.05, 3.63) is 24.8 Å². The Morgan fingerprint density at radius 2 is 1.70 bits per heavy atom. The van der Waals surface area contributed by atoms with Crippen molar-refractivity contribution >= 4 is 5.97 Å². The Kier molecular flexibility index (Phi) is 15.1. The molecule has 134 valence electrons. The van der Waals surface area contributed by atoms with Crippen LogP contribution in [0.4, 0.5) is 0 Å². The lowest BCUT2D eigenvalue weighted by atomic mass is 9.88. The molecule has 0 fully saturated rings. The van der Waals surface area contributed by atoms with E-state index in [9.17, 15) is 4.79 Å². The standard InChI is InChI=1S/C21H38O2/c1-5-9-11-12-13-15-17-19(16-7-3)20(18-14-10-6-2)23-21(22)8-4/h8-9,11,19-20H,4-7,10,12-18H2,1-3H3. The van der Waals surface area contributed by atoms with Gasteiger partial charge in [0.25, 0.3) is 0 Å². The van der Waals surface area contributed by atoms with Crippen LogP contribution in [0.5, 0.6) is 0 Å². The van der Waals surface area contributed by atoms with Crippen LogP contribution < -0.4 is 0 Å². The van der Waals surface area contributed by atoms with E-state index in [1.807, 2.05) is 0 Å². The van der Waals surface area contributed by atoms with E-state index in [1.54, 1.807) is 0 Å². The largest absolute Gasteiger partial charge is 0.459 e. The molecule has 0 heterocycles. The fourth-order valence-corrected chi connectivity index (χ4v) is 3.02. The van der Waals surface area contributed by atoms with E-state index < -0.39 is 0 Å². The van der Waals surface area contributed by atoms with Gasteiger partial charge in [0.15, 0.2) is 0 Å².